The molecule has 0 radical (unpaired) electrons. The van der Waals surface area contributed by atoms with Crippen LogP contribution in [0.3, 0.4) is 0 Å². The number of benzene rings is 1. The minimum atomic E-state index is 0.127. The number of hydrogen-bond acceptors (Lipinski definition) is 4. The fourth-order valence-electron chi connectivity index (χ4n) is 2.48. The third-order valence-corrected chi connectivity index (χ3v) is 3.40. The molecule has 0 bridgehead atoms. The molecule has 0 saturated carbocycles. The fourth-order valence-corrected chi connectivity index (χ4v) is 2.48. The molecule has 1 amide bonds. The van der Waals surface area contributed by atoms with Gasteiger partial charge in [-0.05, 0) is 25.0 Å². The zero-order chi connectivity index (χ0) is 13.8. The van der Waals surface area contributed by atoms with Crippen molar-refractivity contribution in [1.29, 1.82) is 0 Å². The molecule has 5 nitrogen and oxygen atoms in total. The Morgan fingerprint density at radius 1 is 1.32 bits per heavy atom. The van der Waals surface area contributed by atoms with Crippen LogP contribution < -0.4 is 15.4 Å². The molecule has 0 aliphatic carbocycles. The zero-order valence-electron chi connectivity index (χ0n) is 11.4. The van der Waals surface area contributed by atoms with Crippen molar-refractivity contribution in [2.24, 2.45) is 0 Å². The van der Waals surface area contributed by atoms with Crippen molar-refractivity contribution < 1.29 is 14.3 Å². The molecule has 0 saturated heterocycles. The molecule has 0 atom stereocenters. The first kappa shape index (κ1) is 13.7. The number of nitrogen functional groups attached to an aromatic ring is 1. The highest BCUT2D eigenvalue weighted by atomic mass is 16.5. The van der Waals surface area contributed by atoms with E-state index in [2.05, 4.69) is 0 Å². The van der Waals surface area contributed by atoms with Gasteiger partial charge in [0.1, 0.15) is 5.75 Å². The number of ether oxygens (including phenoxy) is 2. The van der Waals surface area contributed by atoms with Crippen molar-refractivity contribution >= 4 is 17.3 Å². The number of fused-ring (bicyclic) bond motifs is 1. The van der Waals surface area contributed by atoms with E-state index in [9.17, 15) is 4.79 Å². The summed E-state index contributed by atoms with van der Waals surface area (Å²) in [6.45, 7) is 1.06. The SMILES string of the molecule is COCCN1C(=O)CCCc2c1ccc(N)c2OC. The lowest BCUT2D eigenvalue weighted by Gasteiger charge is -2.24. The van der Waals surface area contributed by atoms with Gasteiger partial charge in [0.05, 0.1) is 25.1 Å². The molecule has 5 heteroatoms. The molecular formula is C14H20N2O3. The van der Waals surface area contributed by atoms with E-state index in [4.69, 9.17) is 15.2 Å². The normalized spacial score (nSPS) is 15.1. The predicted octanol–water partition coefficient (Wildman–Crippen LogP) is 1.59. The van der Waals surface area contributed by atoms with Crippen LogP contribution >= 0.6 is 0 Å². The number of rotatable bonds is 4. The Morgan fingerprint density at radius 3 is 2.79 bits per heavy atom. The maximum absolute atomic E-state index is 12.2. The second kappa shape index (κ2) is 5.93. The van der Waals surface area contributed by atoms with Crippen molar-refractivity contribution in [3.8, 4) is 5.75 Å². The highest BCUT2D eigenvalue weighted by molar-refractivity contribution is 5.96. The Balaban J connectivity index is 2.45. The molecule has 0 spiro atoms. The molecule has 1 aromatic rings. The van der Waals surface area contributed by atoms with Gasteiger partial charge in [-0.25, -0.2) is 0 Å². The number of nitrogens with two attached hydrogens (primary N) is 1. The molecule has 1 aliphatic rings. The topological polar surface area (TPSA) is 64.8 Å². The highest BCUT2D eigenvalue weighted by Gasteiger charge is 2.25. The Kier molecular flexibility index (Phi) is 4.27. The zero-order valence-corrected chi connectivity index (χ0v) is 11.4. The fraction of sp³-hybridized carbons (Fsp3) is 0.500. The van der Waals surface area contributed by atoms with Crippen molar-refractivity contribution in [3.05, 3.63) is 17.7 Å². The van der Waals surface area contributed by atoms with Crippen LogP contribution in [0.1, 0.15) is 18.4 Å². The van der Waals surface area contributed by atoms with Gasteiger partial charge in [-0.15, -0.1) is 0 Å². The molecular weight excluding hydrogens is 244 g/mol. The van der Waals surface area contributed by atoms with Gasteiger partial charge in [0.25, 0.3) is 0 Å². The van der Waals surface area contributed by atoms with Gasteiger partial charge >= 0.3 is 0 Å². The lowest BCUT2D eigenvalue weighted by molar-refractivity contribution is -0.118. The number of nitrogens with zero attached hydrogens (tertiary/aromatic N) is 1. The Morgan fingerprint density at radius 2 is 2.11 bits per heavy atom. The maximum atomic E-state index is 12.2. The van der Waals surface area contributed by atoms with Gasteiger partial charge in [-0.1, -0.05) is 0 Å². The number of anilines is 2. The molecule has 0 fully saturated rings. The van der Waals surface area contributed by atoms with E-state index in [1.54, 1.807) is 25.2 Å². The molecule has 0 unspecified atom stereocenters. The average molecular weight is 264 g/mol. The number of methoxy groups -OCH3 is 2. The molecule has 104 valence electrons. The van der Waals surface area contributed by atoms with Gasteiger partial charge in [-0.2, -0.15) is 0 Å². The highest BCUT2D eigenvalue weighted by Crippen LogP contribution is 2.37. The molecule has 19 heavy (non-hydrogen) atoms. The first-order chi connectivity index (χ1) is 9.19. The summed E-state index contributed by atoms with van der Waals surface area (Å²) in [7, 11) is 3.24. The van der Waals surface area contributed by atoms with Crippen LogP contribution in [0.4, 0.5) is 11.4 Å². The second-order valence-electron chi connectivity index (χ2n) is 4.58. The van der Waals surface area contributed by atoms with E-state index in [-0.39, 0.29) is 5.91 Å². The number of carbonyl (C=O) groups excluding carboxylic acids is 1. The summed E-state index contributed by atoms with van der Waals surface area (Å²) in [4.78, 5) is 13.9. The number of carbonyl (C=O) groups is 1. The standard InChI is InChI=1S/C14H20N2O3/c1-18-9-8-16-12-7-6-11(15)14(19-2)10(12)4-3-5-13(16)17/h6-7H,3-5,8-9,15H2,1-2H3. The van der Waals surface area contributed by atoms with Crippen molar-refractivity contribution in [2.45, 2.75) is 19.3 Å². The molecule has 2 rings (SSSR count). The summed E-state index contributed by atoms with van der Waals surface area (Å²) < 4.78 is 10.5. The Labute approximate surface area is 113 Å². The third kappa shape index (κ3) is 2.66. The second-order valence-corrected chi connectivity index (χ2v) is 4.58. The van der Waals surface area contributed by atoms with Crippen molar-refractivity contribution in [3.63, 3.8) is 0 Å². The summed E-state index contributed by atoms with van der Waals surface area (Å²) in [5.41, 5.74) is 8.46. The van der Waals surface area contributed by atoms with Crippen LogP contribution in [-0.4, -0.2) is 33.3 Å². The summed E-state index contributed by atoms with van der Waals surface area (Å²) in [6.07, 6.45) is 2.16. The van der Waals surface area contributed by atoms with Gasteiger partial charge < -0.3 is 20.1 Å². The van der Waals surface area contributed by atoms with Gasteiger partial charge in [-0.3, -0.25) is 4.79 Å². The number of amides is 1. The first-order valence-corrected chi connectivity index (χ1v) is 6.43. The van der Waals surface area contributed by atoms with E-state index in [1.807, 2.05) is 6.07 Å². The lowest BCUT2D eigenvalue weighted by atomic mass is 10.0. The smallest absolute Gasteiger partial charge is 0.227 e. The average Bonchev–Trinajstić information content (AvgIpc) is 2.55. The van der Waals surface area contributed by atoms with Crippen LogP contribution in [0.15, 0.2) is 12.1 Å². The molecule has 1 heterocycles. The van der Waals surface area contributed by atoms with Crippen LogP contribution in [-0.2, 0) is 16.0 Å². The Hall–Kier alpha value is -1.75. The molecule has 2 N–H and O–H groups in total. The summed E-state index contributed by atoms with van der Waals surface area (Å²) >= 11 is 0. The molecule has 1 aliphatic heterocycles. The minimum absolute atomic E-state index is 0.127. The van der Waals surface area contributed by atoms with E-state index in [1.165, 1.54) is 0 Å². The van der Waals surface area contributed by atoms with Crippen LogP contribution in [0.25, 0.3) is 0 Å². The van der Waals surface area contributed by atoms with Gasteiger partial charge in [0.2, 0.25) is 5.91 Å². The van der Waals surface area contributed by atoms with Crippen LogP contribution in [0.5, 0.6) is 5.75 Å². The largest absolute Gasteiger partial charge is 0.494 e. The molecule has 0 aromatic heterocycles. The van der Waals surface area contributed by atoms with Gasteiger partial charge in [0, 0.05) is 25.6 Å². The summed E-state index contributed by atoms with van der Waals surface area (Å²) in [6, 6.07) is 3.68. The monoisotopic (exact) mass is 264 g/mol. The minimum Gasteiger partial charge on any atom is -0.494 e. The summed E-state index contributed by atoms with van der Waals surface area (Å²) in [5, 5.41) is 0. The van der Waals surface area contributed by atoms with Crippen LogP contribution in [0.2, 0.25) is 0 Å². The maximum Gasteiger partial charge on any atom is 0.227 e. The lowest BCUT2D eigenvalue weighted by Crippen LogP contribution is -2.33. The third-order valence-electron chi connectivity index (χ3n) is 3.40. The van der Waals surface area contributed by atoms with E-state index >= 15 is 0 Å². The predicted molar refractivity (Wildman–Crippen MR) is 74.6 cm³/mol. The quantitative estimate of drug-likeness (QED) is 0.839. The first-order valence-electron chi connectivity index (χ1n) is 6.43. The van der Waals surface area contributed by atoms with Crippen LogP contribution in [0, 0.1) is 0 Å². The van der Waals surface area contributed by atoms with E-state index in [0.717, 1.165) is 24.1 Å². The number of hydrogen-bond donors (Lipinski definition) is 1. The molecule has 1 aromatic carbocycles. The van der Waals surface area contributed by atoms with E-state index in [0.29, 0.717) is 31.0 Å². The van der Waals surface area contributed by atoms with Crippen molar-refractivity contribution in [2.75, 3.05) is 38.0 Å². The summed E-state index contributed by atoms with van der Waals surface area (Å²) in [5.74, 6) is 0.817. The van der Waals surface area contributed by atoms with E-state index < -0.39 is 0 Å². The van der Waals surface area contributed by atoms with Crippen molar-refractivity contribution in [1.82, 2.24) is 0 Å². The Bertz CT molecular complexity index is 474. The van der Waals surface area contributed by atoms with Gasteiger partial charge in [0.15, 0.2) is 0 Å².